The molecule has 1 aliphatic heterocycles. The van der Waals surface area contributed by atoms with Gasteiger partial charge in [0.15, 0.2) is 0 Å². The second-order valence-electron chi connectivity index (χ2n) is 3.08. The maximum Gasteiger partial charge on any atom is 0.222 e. The standard InChI is InChI=1S/C8H14BrNO/c1-3-8(11)10-5-7(9)4-6(10)2/h6-7H,3-5H2,1-2H3. The summed E-state index contributed by atoms with van der Waals surface area (Å²) in [5.74, 6) is 0.277. The summed E-state index contributed by atoms with van der Waals surface area (Å²) in [4.78, 5) is 13.7. The lowest BCUT2D eigenvalue weighted by atomic mass is 10.2. The Kier molecular flexibility index (Phi) is 2.93. The number of halogens is 1. The first kappa shape index (κ1) is 9.04. The molecule has 0 aromatic carbocycles. The van der Waals surface area contributed by atoms with E-state index in [4.69, 9.17) is 0 Å². The minimum absolute atomic E-state index is 0.277. The van der Waals surface area contributed by atoms with Crippen molar-refractivity contribution in [1.29, 1.82) is 0 Å². The number of likely N-dealkylation sites (tertiary alicyclic amines) is 1. The molecule has 2 nitrogen and oxygen atoms in total. The van der Waals surface area contributed by atoms with Crippen LogP contribution in [0.4, 0.5) is 0 Å². The number of amides is 1. The van der Waals surface area contributed by atoms with Crippen molar-refractivity contribution in [3.8, 4) is 0 Å². The molecule has 0 bridgehead atoms. The van der Waals surface area contributed by atoms with E-state index in [1.165, 1.54) is 0 Å². The van der Waals surface area contributed by atoms with Gasteiger partial charge in [-0.05, 0) is 13.3 Å². The Balaban J connectivity index is 2.52. The normalized spacial score (nSPS) is 31.0. The minimum atomic E-state index is 0.277. The Hall–Kier alpha value is -0.0500. The van der Waals surface area contributed by atoms with E-state index < -0.39 is 0 Å². The smallest absolute Gasteiger partial charge is 0.222 e. The van der Waals surface area contributed by atoms with Gasteiger partial charge in [-0.1, -0.05) is 22.9 Å². The van der Waals surface area contributed by atoms with Crippen LogP contribution in [0.2, 0.25) is 0 Å². The van der Waals surface area contributed by atoms with E-state index in [1.807, 2.05) is 11.8 Å². The van der Waals surface area contributed by atoms with Crippen LogP contribution < -0.4 is 0 Å². The number of carbonyl (C=O) groups is 1. The van der Waals surface area contributed by atoms with Crippen LogP contribution in [0.5, 0.6) is 0 Å². The number of rotatable bonds is 1. The van der Waals surface area contributed by atoms with Gasteiger partial charge in [0.2, 0.25) is 5.91 Å². The molecule has 1 heterocycles. The van der Waals surface area contributed by atoms with E-state index in [0.717, 1.165) is 13.0 Å². The summed E-state index contributed by atoms with van der Waals surface area (Å²) in [7, 11) is 0. The zero-order valence-electron chi connectivity index (χ0n) is 7.01. The highest BCUT2D eigenvalue weighted by molar-refractivity contribution is 9.09. The predicted octanol–water partition coefficient (Wildman–Crippen LogP) is 1.78. The van der Waals surface area contributed by atoms with Gasteiger partial charge in [0, 0.05) is 23.8 Å². The maximum atomic E-state index is 11.3. The summed E-state index contributed by atoms with van der Waals surface area (Å²) in [6.45, 7) is 4.90. The second-order valence-corrected chi connectivity index (χ2v) is 4.38. The largest absolute Gasteiger partial charge is 0.339 e. The minimum Gasteiger partial charge on any atom is -0.339 e. The maximum absolute atomic E-state index is 11.3. The third-order valence-corrected chi connectivity index (χ3v) is 2.81. The molecule has 64 valence electrons. The van der Waals surface area contributed by atoms with Crippen LogP contribution >= 0.6 is 15.9 Å². The molecule has 2 unspecified atom stereocenters. The summed E-state index contributed by atoms with van der Waals surface area (Å²) in [5.41, 5.74) is 0. The monoisotopic (exact) mass is 219 g/mol. The molecule has 0 saturated carbocycles. The lowest BCUT2D eigenvalue weighted by Crippen LogP contribution is -2.33. The van der Waals surface area contributed by atoms with Gasteiger partial charge >= 0.3 is 0 Å². The van der Waals surface area contributed by atoms with Crippen LogP contribution in [-0.2, 0) is 4.79 Å². The molecule has 11 heavy (non-hydrogen) atoms. The van der Waals surface area contributed by atoms with Gasteiger partial charge < -0.3 is 4.90 Å². The highest BCUT2D eigenvalue weighted by Crippen LogP contribution is 2.23. The molecular weight excluding hydrogens is 206 g/mol. The molecule has 0 aromatic rings. The van der Waals surface area contributed by atoms with E-state index in [9.17, 15) is 4.79 Å². The molecule has 1 fully saturated rings. The fourth-order valence-corrected chi connectivity index (χ4v) is 2.37. The van der Waals surface area contributed by atoms with Gasteiger partial charge in [-0.25, -0.2) is 0 Å². The second kappa shape index (κ2) is 3.57. The summed E-state index contributed by atoms with van der Waals surface area (Å²) in [6.07, 6.45) is 1.72. The zero-order valence-corrected chi connectivity index (χ0v) is 8.60. The Morgan fingerprint density at radius 2 is 2.36 bits per heavy atom. The predicted molar refractivity (Wildman–Crippen MR) is 48.8 cm³/mol. The average molecular weight is 220 g/mol. The van der Waals surface area contributed by atoms with Gasteiger partial charge in [-0.15, -0.1) is 0 Å². The Labute approximate surface area is 76.1 Å². The number of hydrogen-bond donors (Lipinski definition) is 0. The zero-order chi connectivity index (χ0) is 8.43. The summed E-state index contributed by atoms with van der Waals surface area (Å²) < 4.78 is 0. The fraction of sp³-hybridized carbons (Fsp3) is 0.875. The van der Waals surface area contributed by atoms with Gasteiger partial charge in [0.1, 0.15) is 0 Å². The van der Waals surface area contributed by atoms with Crippen LogP contribution in [0, 0.1) is 0 Å². The van der Waals surface area contributed by atoms with E-state index in [1.54, 1.807) is 0 Å². The average Bonchev–Trinajstić information content (AvgIpc) is 2.28. The number of nitrogens with zero attached hydrogens (tertiary/aromatic N) is 1. The van der Waals surface area contributed by atoms with Crippen LogP contribution in [0.15, 0.2) is 0 Å². The molecule has 0 aliphatic carbocycles. The quantitative estimate of drug-likeness (QED) is 0.617. The Bertz CT molecular complexity index is 160. The van der Waals surface area contributed by atoms with Gasteiger partial charge in [-0.3, -0.25) is 4.79 Å². The molecule has 1 aliphatic rings. The van der Waals surface area contributed by atoms with Crippen molar-refractivity contribution in [3.05, 3.63) is 0 Å². The van der Waals surface area contributed by atoms with Gasteiger partial charge in [0.05, 0.1) is 0 Å². The highest BCUT2D eigenvalue weighted by Gasteiger charge is 2.29. The van der Waals surface area contributed by atoms with Crippen molar-refractivity contribution < 1.29 is 4.79 Å². The van der Waals surface area contributed by atoms with Crippen LogP contribution in [0.1, 0.15) is 26.7 Å². The fourth-order valence-electron chi connectivity index (χ4n) is 1.52. The lowest BCUT2D eigenvalue weighted by molar-refractivity contribution is -0.131. The van der Waals surface area contributed by atoms with Crippen molar-refractivity contribution in [2.45, 2.75) is 37.6 Å². The van der Waals surface area contributed by atoms with E-state index in [2.05, 4.69) is 22.9 Å². The van der Waals surface area contributed by atoms with Crippen molar-refractivity contribution in [3.63, 3.8) is 0 Å². The topological polar surface area (TPSA) is 20.3 Å². The van der Waals surface area contributed by atoms with Gasteiger partial charge in [-0.2, -0.15) is 0 Å². The third kappa shape index (κ3) is 1.95. The molecule has 2 atom stereocenters. The van der Waals surface area contributed by atoms with E-state index >= 15 is 0 Å². The van der Waals surface area contributed by atoms with E-state index in [-0.39, 0.29) is 5.91 Å². The first-order chi connectivity index (χ1) is 5.15. The summed E-state index contributed by atoms with van der Waals surface area (Å²) >= 11 is 3.52. The summed E-state index contributed by atoms with van der Waals surface area (Å²) in [6, 6.07) is 0.423. The molecule has 0 aromatic heterocycles. The summed E-state index contributed by atoms with van der Waals surface area (Å²) in [5, 5.41) is 0. The van der Waals surface area contributed by atoms with Crippen molar-refractivity contribution >= 4 is 21.8 Å². The molecule has 1 amide bonds. The molecule has 0 radical (unpaired) electrons. The molecule has 3 heteroatoms. The molecule has 0 spiro atoms. The molecule has 1 saturated heterocycles. The number of carbonyl (C=O) groups excluding carboxylic acids is 1. The Morgan fingerprint density at radius 3 is 2.73 bits per heavy atom. The molecular formula is C8H14BrNO. The van der Waals surface area contributed by atoms with Crippen molar-refractivity contribution in [1.82, 2.24) is 4.90 Å². The first-order valence-electron chi connectivity index (χ1n) is 4.08. The first-order valence-corrected chi connectivity index (χ1v) is 5.00. The van der Waals surface area contributed by atoms with Crippen LogP contribution in [0.3, 0.4) is 0 Å². The van der Waals surface area contributed by atoms with Crippen molar-refractivity contribution in [2.75, 3.05) is 6.54 Å². The third-order valence-electron chi connectivity index (χ3n) is 2.15. The van der Waals surface area contributed by atoms with Gasteiger partial charge in [0.25, 0.3) is 0 Å². The van der Waals surface area contributed by atoms with Crippen molar-refractivity contribution in [2.24, 2.45) is 0 Å². The lowest BCUT2D eigenvalue weighted by Gasteiger charge is -2.20. The Morgan fingerprint density at radius 1 is 1.73 bits per heavy atom. The highest BCUT2D eigenvalue weighted by atomic mass is 79.9. The SMILES string of the molecule is CCC(=O)N1CC(Br)CC1C. The van der Waals surface area contributed by atoms with E-state index in [0.29, 0.717) is 17.3 Å². The molecule has 1 rings (SSSR count). The molecule has 0 N–H and O–H groups in total. The number of hydrogen-bond acceptors (Lipinski definition) is 1. The number of alkyl halides is 1. The van der Waals surface area contributed by atoms with Crippen LogP contribution in [-0.4, -0.2) is 28.2 Å². The van der Waals surface area contributed by atoms with Crippen LogP contribution in [0.25, 0.3) is 0 Å².